The summed E-state index contributed by atoms with van der Waals surface area (Å²) in [7, 11) is 1.25. The summed E-state index contributed by atoms with van der Waals surface area (Å²) in [5.74, 6) is -0.579. The Balaban J connectivity index is 2.79. The molecule has 0 aromatic heterocycles. The highest BCUT2D eigenvalue weighted by atomic mass is 16.6. The van der Waals surface area contributed by atoms with Gasteiger partial charge in [-0.3, -0.25) is 4.79 Å². The monoisotopic (exact) mass is 224 g/mol. The molecule has 0 amide bonds. The van der Waals surface area contributed by atoms with Gasteiger partial charge in [0.2, 0.25) is 0 Å². The molecule has 0 saturated heterocycles. The van der Waals surface area contributed by atoms with Crippen molar-refractivity contribution in [1.82, 2.24) is 0 Å². The fourth-order valence-corrected chi connectivity index (χ4v) is 1.09. The second-order valence-corrected chi connectivity index (χ2v) is 3.10. The molecule has 1 rings (SSSR count). The number of rotatable bonds is 4. The number of aromatic hydroxyl groups is 1. The summed E-state index contributed by atoms with van der Waals surface area (Å²) in [5, 5.41) is 9.36. The van der Waals surface area contributed by atoms with Crippen LogP contribution in [0.25, 0.3) is 0 Å². The lowest BCUT2D eigenvalue weighted by molar-refractivity contribution is -0.142. The average Bonchev–Trinajstić information content (AvgIpc) is 2.27. The molecule has 1 aromatic carbocycles. The summed E-state index contributed by atoms with van der Waals surface area (Å²) < 4.78 is 9.46. The highest BCUT2D eigenvalue weighted by molar-refractivity contribution is 5.97. The van der Waals surface area contributed by atoms with Crippen LogP contribution in [0.1, 0.15) is 17.3 Å². The fourth-order valence-electron chi connectivity index (χ4n) is 1.09. The molecule has 0 saturated carbocycles. The number of hydrogen-bond donors (Lipinski definition) is 1. The SMILES string of the molecule is COC(=O)COc1ccc(O)c(C(C)=O)c1. The Morgan fingerprint density at radius 1 is 1.38 bits per heavy atom. The van der Waals surface area contributed by atoms with Crippen molar-refractivity contribution in [1.29, 1.82) is 0 Å². The number of carbonyl (C=O) groups is 2. The average molecular weight is 224 g/mol. The van der Waals surface area contributed by atoms with E-state index in [9.17, 15) is 14.7 Å². The highest BCUT2D eigenvalue weighted by Gasteiger charge is 2.09. The Morgan fingerprint density at radius 2 is 2.06 bits per heavy atom. The molecule has 5 nitrogen and oxygen atoms in total. The molecule has 0 unspecified atom stereocenters. The zero-order valence-corrected chi connectivity index (χ0v) is 9.02. The van der Waals surface area contributed by atoms with Gasteiger partial charge in [-0.1, -0.05) is 0 Å². The molecular formula is C11H12O5. The van der Waals surface area contributed by atoms with Crippen LogP contribution in [0, 0.1) is 0 Å². The van der Waals surface area contributed by atoms with Crippen LogP contribution in [0.2, 0.25) is 0 Å². The van der Waals surface area contributed by atoms with Gasteiger partial charge in [0.05, 0.1) is 12.7 Å². The molecule has 0 bridgehead atoms. The second-order valence-electron chi connectivity index (χ2n) is 3.10. The van der Waals surface area contributed by atoms with Gasteiger partial charge >= 0.3 is 5.97 Å². The Bertz CT molecular complexity index is 411. The third kappa shape index (κ3) is 2.98. The lowest BCUT2D eigenvalue weighted by Gasteiger charge is -2.06. The Hall–Kier alpha value is -2.04. The first-order valence-corrected chi connectivity index (χ1v) is 4.58. The van der Waals surface area contributed by atoms with E-state index in [-0.39, 0.29) is 23.7 Å². The Labute approximate surface area is 92.6 Å². The summed E-state index contributed by atoms with van der Waals surface area (Å²) >= 11 is 0. The van der Waals surface area contributed by atoms with E-state index in [0.29, 0.717) is 5.75 Å². The van der Waals surface area contributed by atoms with Gasteiger partial charge in [0.1, 0.15) is 11.5 Å². The number of methoxy groups -OCH3 is 1. The van der Waals surface area contributed by atoms with Crippen molar-refractivity contribution in [3.05, 3.63) is 23.8 Å². The molecule has 5 heteroatoms. The molecule has 16 heavy (non-hydrogen) atoms. The number of ketones is 1. The predicted molar refractivity (Wildman–Crippen MR) is 55.6 cm³/mol. The van der Waals surface area contributed by atoms with Crippen molar-refractivity contribution >= 4 is 11.8 Å². The van der Waals surface area contributed by atoms with Crippen LogP contribution in [-0.2, 0) is 9.53 Å². The standard InChI is InChI=1S/C11H12O5/c1-7(12)9-5-8(3-4-10(9)13)16-6-11(14)15-2/h3-5,13H,6H2,1-2H3. The number of carbonyl (C=O) groups excluding carboxylic acids is 2. The van der Waals surface area contributed by atoms with Crippen molar-refractivity contribution in [3.63, 3.8) is 0 Å². The smallest absolute Gasteiger partial charge is 0.343 e. The first-order chi connectivity index (χ1) is 7.54. The number of phenols is 1. The first-order valence-electron chi connectivity index (χ1n) is 4.58. The van der Waals surface area contributed by atoms with E-state index in [1.165, 1.54) is 32.2 Å². The van der Waals surface area contributed by atoms with Crippen LogP contribution in [0.3, 0.4) is 0 Å². The zero-order chi connectivity index (χ0) is 12.1. The van der Waals surface area contributed by atoms with Gasteiger partial charge in [0.25, 0.3) is 0 Å². The molecule has 0 aliphatic rings. The van der Waals surface area contributed by atoms with E-state index < -0.39 is 5.97 Å². The summed E-state index contributed by atoms with van der Waals surface area (Å²) in [5.41, 5.74) is 0.155. The maximum Gasteiger partial charge on any atom is 0.343 e. The number of ether oxygens (including phenoxy) is 2. The molecule has 0 radical (unpaired) electrons. The number of hydrogen-bond acceptors (Lipinski definition) is 5. The summed E-state index contributed by atoms with van der Waals surface area (Å²) in [6.45, 7) is 1.10. The molecular weight excluding hydrogens is 212 g/mol. The van der Waals surface area contributed by atoms with Crippen LogP contribution in [0.5, 0.6) is 11.5 Å². The van der Waals surface area contributed by atoms with E-state index in [1.54, 1.807) is 0 Å². The predicted octanol–water partition coefficient (Wildman–Crippen LogP) is 1.15. The van der Waals surface area contributed by atoms with Crippen LogP contribution < -0.4 is 4.74 Å². The lowest BCUT2D eigenvalue weighted by Crippen LogP contribution is -2.12. The van der Waals surface area contributed by atoms with Crippen LogP contribution in [0.4, 0.5) is 0 Å². The number of benzene rings is 1. The van der Waals surface area contributed by atoms with Crippen LogP contribution in [-0.4, -0.2) is 30.6 Å². The second kappa shape index (κ2) is 5.16. The number of Topliss-reactive ketones (excluding diaryl/α,β-unsaturated/α-hetero) is 1. The minimum Gasteiger partial charge on any atom is -0.507 e. The Morgan fingerprint density at radius 3 is 2.62 bits per heavy atom. The minimum atomic E-state index is -0.516. The molecule has 0 fully saturated rings. The molecule has 0 spiro atoms. The minimum absolute atomic E-state index is 0.113. The van der Waals surface area contributed by atoms with Crippen LogP contribution in [0.15, 0.2) is 18.2 Å². The normalized spacial score (nSPS) is 9.62. The van der Waals surface area contributed by atoms with Gasteiger partial charge in [0, 0.05) is 0 Å². The van der Waals surface area contributed by atoms with Crippen molar-refractivity contribution in [2.75, 3.05) is 13.7 Å². The lowest BCUT2D eigenvalue weighted by atomic mass is 10.1. The molecule has 1 aromatic rings. The van der Waals surface area contributed by atoms with Gasteiger partial charge in [-0.15, -0.1) is 0 Å². The summed E-state index contributed by atoms with van der Waals surface area (Å²) in [4.78, 5) is 21.9. The molecule has 0 heterocycles. The van der Waals surface area contributed by atoms with Gasteiger partial charge < -0.3 is 14.6 Å². The van der Waals surface area contributed by atoms with Crippen molar-refractivity contribution in [3.8, 4) is 11.5 Å². The molecule has 0 aliphatic carbocycles. The Kier molecular flexibility index (Phi) is 3.88. The molecule has 0 atom stereocenters. The van der Waals surface area contributed by atoms with E-state index in [0.717, 1.165) is 0 Å². The quantitative estimate of drug-likeness (QED) is 0.613. The van der Waals surface area contributed by atoms with Crippen molar-refractivity contribution in [2.45, 2.75) is 6.92 Å². The van der Waals surface area contributed by atoms with Gasteiger partial charge in [0.15, 0.2) is 12.4 Å². The largest absolute Gasteiger partial charge is 0.507 e. The van der Waals surface area contributed by atoms with Gasteiger partial charge in [-0.25, -0.2) is 4.79 Å². The van der Waals surface area contributed by atoms with E-state index >= 15 is 0 Å². The topological polar surface area (TPSA) is 72.8 Å². The number of phenolic OH excluding ortho intramolecular Hbond substituents is 1. The van der Waals surface area contributed by atoms with E-state index in [1.807, 2.05) is 0 Å². The molecule has 1 N–H and O–H groups in total. The fraction of sp³-hybridized carbons (Fsp3) is 0.273. The number of esters is 1. The van der Waals surface area contributed by atoms with E-state index in [4.69, 9.17) is 4.74 Å². The van der Waals surface area contributed by atoms with Crippen LogP contribution >= 0.6 is 0 Å². The van der Waals surface area contributed by atoms with Gasteiger partial charge in [-0.2, -0.15) is 0 Å². The summed E-state index contributed by atoms with van der Waals surface area (Å²) in [6.07, 6.45) is 0. The highest BCUT2D eigenvalue weighted by Crippen LogP contribution is 2.23. The van der Waals surface area contributed by atoms with E-state index in [2.05, 4.69) is 4.74 Å². The van der Waals surface area contributed by atoms with Crippen molar-refractivity contribution < 1.29 is 24.2 Å². The molecule has 86 valence electrons. The maximum absolute atomic E-state index is 11.1. The third-order valence-corrected chi connectivity index (χ3v) is 1.93. The zero-order valence-electron chi connectivity index (χ0n) is 9.02. The molecule has 0 aliphatic heterocycles. The summed E-state index contributed by atoms with van der Waals surface area (Å²) in [6, 6.07) is 4.18. The maximum atomic E-state index is 11.1. The first kappa shape index (κ1) is 12.0. The third-order valence-electron chi connectivity index (χ3n) is 1.93. The van der Waals surface area contributed by atoms with Gasteiger partial charge in [-0.05, 0) is 25.1 Å². The van der Waals surface area contributed by atoms with Crippen molar-refractivity contribution in [2.24, 2.45) is 0 Å².